The third-order valence-corrected chi connectivity index (χ3v) is 14.7. The number of Topliss-reactive ketones (excluding diaryl/α,β-unsaturated/α-hetero) is 1. The number of amides is 1. The van der Waals surface area contributed by atoms with Crippen molar-refractivity contribution >= 4 is 41.5 Å². The molecular formula is C53H61NO15. The van der Waals surface area contributed by atoms with E-state index in [2.05, 4.69) is 5.32 Å². The second-order valence-electron chi connectivity index (χ2n) is 19.3. The average Bonchev–Trinajstić information content (AvgIpc) is 3.31. The summed E-state index contributed by atoms with van der Waals surface area (Å²) in [6.07, 6.45) is -8.44. The number of unbranched alkanes of at least 4 members (excludes halogenated alkanes) is 2. The summed E-state index contributed by atoms with van der Waals surface area (Å²) in [7, 11) is 0. The number of ether oxygens (including phenoxy) is 6. The van der Waals surface area contributed by atoms with Crippen LogP contribution in [0, 0.1) is 16.7 Å². The summed E-state index contributed by atoms with van der Waals surface area (Å²) >= 11 is 0. The Hall–Kier alpha value is -6.23. The van der Waals surface area contributed by atoms with E-state index in [1.807, 2.05) is 6.92 Å². The number of aliphatic hydroxyl groups excluding tert-OH is 1. The Labute approximate surface area is 401 Å². The molecule has 0 spiro atoms. The third-order valence-electron chi connectivity index (χ3n) is 14.7. The van der Waals surface area contributed by atoms with E-state index in [4.69, 9.17) is 28.4 Å². The largest absolute Gasteiger partial charge is 0.461 e. The predicted molar refractivity (Wildman–Crippen MR) is 246 cm³/mol. The molecule has 1 aliphatic heterocycles. The van der Waals surface area contributed by atoms with Crippen LogP contribution in [-0.2, 0) is 52.4 Å². The lowest BCUT2D eigenvalue weighted by atomic mass is 9.44. The number of esters is 5. The summed E-state index contributed by atoms with van der Waals surface area (Å²) in [5.74, 6) is -7.55. The van der Waals surface area contributed by atoms with E-state index in [1.165, 1.54) is 26.0 Å². The first-order chi connectivity index (χ1) is 32.7. The molecule has 368 valence electrons. The van der Waals surface area contributed by atoms with Crippen LogP contribution >= 0.6 is 0 Å². The van der Waals surface area contributed by atoms with Crippen molar-refractivity contribution in [2.75, 3.05) is 6.61 Å². The first-order valence-corrected chi connectivity index (χ1v) is 23.4. The monoisotopic (exact) mass is 951 g/mol. The standard InChI is InChI=1S/C53H61NO15/c1-8-9-13-26-39(57)67-37-27-38-52(29-64-38,69-32(4)56)44-46(68-48(61)35-24-18-12-19-25-35)53(63)28-36(30(2)40(50(53,5)6)43(65-31(3)55)45(59)51(37,44)7)66-49(62)42(58)41(33-20-14-10-15-21-33)54-47(60)34-22-16-11-17-23-34/h10-12,14-25,36-38,41-44,46,58,63H,8-9,13,26-29H2,1-7H3,(H,54,60)/t36-,37-,38+,41-,42+,43+,44?,46-,51+,52-,53+/m0/s1. The average molecular weight is 952 g/mol. The Morgan fingerprint density at radius 2 is 1.42 bits per heavy atom. The van der Waals surface area contributed by atoms with E-state index in [9.17, 15) is 39.0 Å². The van der Waals surface area contributed by atoms with Crippen molar-refractivity contribution in [3.05, 3.63) is 119 Å². The number of carbonyl (C=O) groups is 7. The number of hydrogen-bond acceptors (Lipinski definition) is 15. The molecule has 16 nitrogen and oxygen atoms in total. The van der Waals surface area contributed by atoms with Gasteiger partial charge in [0.2, 0.25) is 0 Å². The highest BCUT2D eigenvalue weighted by molar-refractivity contribution is 5.96. The van der Waals surface area contributed by atoms with Crippen LogP contribution < -0.4 is 5.32 Å². The molecule has 3 aromatic carbocycles. The van der Waals surface area contributed by atoms with Gasteiger partial charge in [-0.3, -0.25) is 24.0 Å². The summed E-state index contributed by atoms with van der Waals surface area (Å²) in [6, 6.07) is 23.0. The van der Waals surface area contributed by atoms with Crippen molar-refractivity contribution in [3.8, 4) is 0 Å². The molecule has 3 N–H and O–H groups in total. The van der Waals surface area contributed by atoms with Crippen molar-refractivity contribution in [2.24, 2.45) is 16.7 Å². The van der Waals surface area contributed by atoms with Crippen LogP contribution in [0.25, 0.3) is 0 Å². The van der Waals surface area contributed by atoms with Crippen molar-refractivity contribution < 1.29 is 72.2 Å². The number of ketones is 1. The van der Waals surface area contributed by atoms with E-state index >= 15 is 4.79 Å². The maximum atomic E-state index is 16.1. The molecule has 1 saturated heterocycles. The van der Waals surface area contributed by atoms with E-state index in [-0.39, 0.29) is 41.7 Å². The minimum absolute atomic E-state index is 0.000872. The van der Waals surface area contributed by atoms with Gasteiger partial charge in [0.15, 0.2) is 23.6 Å². The summed E-state index contributed by atoms with van der Waals surface area (Å²) in [4.78, 5) is 99.0. The number of carbonyl (C=O) groups excluding carboxylic acids is 7. The zero-order valence-electron chi connectivity index (χ0n) is 39.9. The minimum atomic E-state index is -2.44. The summed E-state index contributed by atoms with van der Waals surface area (Å²) in [5.41, 5.74) is -7.21. The van der Waals surface area contributed by atoms with Gasteiger partial charge in [-0.1, -0.05) is 100 Å². The first kappa shape index (κ1) is 50.6. The molecule has 1 amide bonds. The summed E-state index contributed by atoms with van der Waals surface area (Å²) in [5, 5.41) is 28.6. The Morgan fingerprint density at radius 1 is 0.812 bits per heavy atom. The fourth-order valence-electron chi connectivity index (χ4n) is 11.1. The van der Waals surface area contributed by atoms with Crippen LogP contribution in [0.15, 0.2) is 102 Å². The highest BCUT2D eigenvalue weighted by Crippen LogP contribution is 2.65. The van der Waals surface area contributed by atoms with E-state index < -0.39 is 119 Å². The van der Waals surface area contributed by atoms with Gasteiger partial charge in [0.1, 0.15) is 30.0 Å². The molecule has 7 rings (SSSR count). The molecule has 0 aromatic heterocycles. The molecule has 4 aliphatic rings. The van der Waals surface area contributed by atoms with Gasteiger partial charge in [-0.05, 0) is 61.2 Å². The second kappa shape index (κ2) is 20.0. The maximum absolute atomic E-state index is 16.1. The number of fused-ring (bicyclic) bond motifs is 5. The number of aliphatic hydroxyl groups is 2. The highest BCUT2D eigenvalue weighted by atomic mass is 16.6. The van der Waals surface area contributed by atoms with Gasteiger partial charge in [0.05, 0.1) is 29.5 Å². The Kier molecular flexibility index (Phi) is 14.7. The SMILES string of the molecule is CCCCCC(=O)O[C@H]1C[C@H]2OC[C@@]2(OC(C)=O)C2[C@H](OC(=O)c3ccccc3)[C@]3(O)C[C@H](OC(=O)[C@H](O)[C@@H](NC(=O)c4ccccc4)c4ccccc4)C(C)=C([C@@H](OC(C)=O)C(=O)[C@@]21C)C3(C)C. The fourth-order valence-corrected chi connectivity index (χ4v) is 11.1. The maximum Gasteiger partial charge on any atom is 0.338 e. The van der Waals surface area contributed by atoms with E-state index in [0.717, 1.165) is 26.7 Å². The van der Waals surface area contributed by atoms with Crippen LogP contribution in [0.1, 0.15) is 119 Å². The molecular weight excluding hydrogens is 891 g/mol. The van der Waals surface area contributed by atoms with Gasteiger partial charge in [-0.15, -0.1) is 0 Å². The number of hydrogen-bond donors (Lipinski definition) is 3. The summed E-state index contributed by atoms with van der Waals surface area (Å²) in [6.45, 7) is 10.0. The molecule has 3 aliphatic carbocycles. The fraction of sp³-hybridized carbons (Fsp3) is 0.491. The molecule has 3 fully saturated rings. The lowest BCUT2D eigenvalue weighted by Crippen LogP contribution is -2.82. The van der Waals surface area contributed by atoms with Gasteiger partial charge < -0.3 is 44.0 Å². The first-order valence-electron chi connectivity index (χ1n) is 23.4. The Bertz CT molecular complexity index is 2470. The lowest BCUT2D eigenvalue weighted by Gasteiger charge is -2.67. The molecule has 1 unspecified atom stereocenters. The number of rotatable bonds is 15. The van der Waals surface area contributed by atoms with Crippen molar-refractivity contribution in [3.63, 3.8) is 0 Å². The molecule has 69 heavy (non-hydrogen) atoms. The zero-order valence-corrected chi connectivity index (χ0v) is 39.9. The molecule has 16 heteroatoms. The second-order valence-corrected chi connectivity index (χ2v) is 19.3. The number of nitrogens with one attached hydrogen (secondary N) is 1. The summed E-state index contributed by atoms with van der Waals surface area (Å²) < 4.78 is 37.3. The smallest absolute Gasteiger partial charge is 0.338 e. The normalized spacial score (nSPS) is 29.7. The van der Waals surface area contributed by atoms with Gasteiger partial charge in [0, 0.05) is 44.1 Å². The van der Waals surface area contributed by atoms with Crippen molar-refractivity contribution in [1.29, 1.82) is 0 Å². The van der Waals surface area contributed by atoms with Crippen LogP contribution in [0.5, 0.6) is 0 Å². The molecule has 2 saturated carbocycles. The quantitative estimate of drug-likeness (QED) is 0.0701. The predicted octanol–water partition coefficient (Wildman–Crippen LogP) is 5.87. The molecule has 2 bridgehead atoms. The minimum Gasteiger partial charge on any atom is -0.461 e. The molecule has 11 atom stereocenters. The van der Waals surface area contributed by atoms with Crippen LogP contribution in [0.4, 0.5) is 0 Å². The van der Waals surface area contributed by atoms with Gasteiger partial charge in [-0.25, -0.2) is 9.59 Å². The van der Waals surface area contributed by atoms with E-state index in [1.54, 1.807) is 92.7 Å². The lowest BCUT2D eigenvalue weighted by molar-refractivity contribution is -0.346. The van der Waals surface area contributed by atoms with Crippen LogP contribution in [0.3, 0.4) is 0 Å². The van der Waals surface area contributed by atoms with Crippen LogP contribution in [0.2, 0.25) is 0 Å². The van der Waals surface area contributed by atoms with Crippen molar-refractivity contribution in [2.45, 2.75) is 141 Å². The van der Waals surface area contributed by atoms with E-state index in [0.29, 0.717) is 12.0 Å². The van der Waals surface area contributed by atoms with Gasteiger partial charge in [0.25, 0.3) is 5.91 Å². The zero-order chi connectivity index (χ0) is 50.1. The van der Waals surface area contributed by atoms with Crippen molar-refractivity contribution in [1.82, 2.24) is 5.32 Å². The Morgan fingerprint density at radius 3 is 1.99 bits per heavy atom. The van der Waals surface area contributed by atoms with Gasteiger partial charge in [-0.2, -0.15) is 0 Å². The third kappa shape index (κ3) is 9.33. The van der Waals surface area contributed by atoms with Gasteiger partial charge >= 0.3 is 29.8 Å². The van der Waals surface area contributed by atoms with Crippen LogP contribution in [-0.4, -0.2) is 106 Å². The number of benzene rings is 3. The highest BCUT2D eigenvalue weighted by Gasteiger charge is 2.79. The Balaban J connectivity index is 1.41. The topological polar surface area (TPSA) is 227 Å². The molecule has 1 heterocycles. The molecule has 0 radical (unpaired) electrons. The molecule has 3 aromatic rings.